The normalized spacial score (nSPS) is 10.9. The number of benzene rings is 3. The summed E-state index contributed by atoms with van der Waals surface area (Å²) in [5, 5.41) is 2.73. The fourth-order valence-corrected chi connectivity index (χ4v) is 3.49. The molecule has 0 amide bonds. The van der Waals surface area contributed by atoms with Crippen molar-refractivity contribution in [3.05, 3.63) is 83.9 Å². The summed E-state index contributed by atoms with van der Waals surface area (Å²) < 4.78 is 0. The number of halogens is 1. The second kappa shape index (κ2) is 6.63. The Bertz CT molecular complexity index is 985. The average Bonchev–Trinajstić information content (AvgIpc) is 2.64. The number of hydrogen-bond acceptors (Lipinski definition) is 3. The van der Waals surface area contributed by atoms with Gasteiger partial charge in [-0.05, 0) is 30.3 Å². The summed E-state index contributed by atoms with van der Waals surface area (Å²) in [6, 6.07) is 25.9. The van der Waals surface area contributed by atoms with Crippen LogP contribution in [0.15, 0.2) is 88.8 Å². The fraction of sp³-hybridized carbons (Fsp3) is 0. The second-order valence-corrected chi connectivity index (χ2v) is 6.79. The highest BCUT2D eigenvalue weighted by Crippen LogP contribution is 2.33. The molecule has 3 aromatic carbocycles. The van der Waals surface area contributed by atoms with Gasteiger partial charge in [-0.3, -0.25) is 0 Å². The van der Waals surface area contributed by atoms with Gasteiger partial charge in [0.2, 0.25) is 0 Å². The molecule has 0 spiro atoms. The Hall–Kier alpha value is -2.36. The van der Waals surface area contributed by atoms with Crippen LogP contribution in [0.4, 0.5) is 0 Å². The third-order valence-corrected chi connectivity index (χ3v) is 4.89. The van der Waals surface area contributed by atoms with Crippen LogP contribution in [0.25, 0.3) is 22.3 Å². The van der Waals surface area contributed by atoms with Crippen molar-refractivity contribution in [2.24, 2.45) is 0 Å². The zero-order valence-corrected chi connectivity index (χ0v) is 14.3. The van der Waals surface area contributed by atoms with Crippen molar-refractivity contribution in [1.82, 2.24) is 9.97 Å². The van der Waals surface area contributed by atoms with Gasteiger partial charge >= 0.3 is 0 Å². The monoisotopic (exact) mass is 348 g/mol. The highest BCUT2D eigenvalue weighted by Gasteiger charge is 2.10. The van der Waals surface area contributed by atoms with E-state index in [0.717, 1.165) is 37.2 Å². The molecule has 0 atom stereocenters. The maximum Gasteiger partial charge on any atom is 0.161 e. The van der Waals surface area contributed by atoms with Gasteiger partial charge < -0.3 is 0 Å². The fourth-order valence-electron chi connectivity index (χ4n) is 2.46. The maximum atomic E-state index is 5.98. The molecule has 1 heterocycles. The summed E-state index contributed by atoms with van der Waals surface area (Å²) in [4.78, 5) is 10.6. The molecule has 0 saturated heterocycles. The van der Waals surface area contributed by atoms with Crippen molar-refractivity contribution in [3.63, 3.8) is 0 Å². The largest absolute Gasteiger partial charge is 0.228 e. The lowest BCUT2D eigenvalue weighted by Gasteiger charge is -2.08. The topological polar surface area (TPSA) is 25.8 Å². The van der Waals surface area contributed by atoms with Crippen LogP contribution in [0.2, 0.25) is 5.02 Å². The zero-order chi connectivity index (χ0) is 16.4. The summed E-state index contributed by atoms with van der Waals surface area (Å²) in [7, 11) is 0. The van der Waals surface area contributed by atoms with E-state index in [1.165, 1.54) is 0 Å². The minimum Gasteiger partial charge on any atom is -0.228 e. The molecule has 4 heteroatoms. The molecule has 0 aliphatic carbocycles. The number of fused-ring (bicyclic) bond motifs is 1. The third kappa shape index (κ3) is 3.14. The minimum atomic E-state index is 0.733. The average molecular weight is 349 g/mol. The molecule has 0 radical (unpaired) electrons. The zero-order valence-electron chi connectivity index (χ0n) is 12.7. The molecule has 116 valence electrons. The van der Waals surface area contributed by atoms with Gasteiger partial charge in [-0.2, -0.15) is 0 Å². The van der Waals surface area contributed by atoms with Crippen LogP contribution in [0.3, 0.4) is 0 Å². The quantitative estimate of drug-likeness (QED) is 0.418. The van der Waals surface area contributed by atoms with Crippen molar-refractivity contribution < 1.29 is 0 Å². The van der Waals surface area contributed by atoms with Gasteiger partial charge in [-0.25, -0.2) is 9.97 Å². The van der Waals surface area contributed by atoms with E-state index in [9.17, 15) is 0 Å². The van der Waals surface area contributed by atoms with Crippen molar-refractivity contribution in [2.75, 3.05) is 0 Å². The lowest BCUT2D eigenvalue weighted by atomic mass is 10.2. The number of aromatic nitrogens is 2. The van der Waals surface area contributed by atoms with E-state index in [1.54, 1.807) is 11.8 Å². The number of rotatable bonds is 3. The van der Waals surface area contributed by atoms with Gasteiger partial charge in [-0.1, -0.05) is 71.9 Å². The summed E-state index contributed by atoms with van der Waals surface area (Å²) in [6.07, 6.45) is 0. The molecule has 4 aromatic rings. The van der Waals surface area contributed by atoms with E-state index in [1.807, 2.05) is 72.8 Å². The Morgan fingerprint density at radius 2 is 1.42 bits per heavy atom. The van der Waals surface area contributed by atoms with Crippen LogP contribution in [0.1, 0.15) is 0 Å². The minimum absolute atomic E-state index is 0.733. The maximum absolute atomic E-state index is 5.98. The Balaban J connectivity index is 1.85. The Kier molecular flexibility index (Phi) is 4.20. The van der Waals surface area contributed by atoms with Crippen molar-refractivity contribution in [2.45, 2.75) is 9.92 Å². The highest BCUT2D eigenvalue weighted by molar-refractivity contribution is 7.99. The van der Waals surface area contributed by atoms with Crippen molar-refractivity contribution in [3.8, 4) is 11.4 Å². The first-order chi connectivity index (χ1) is 11.8. The van der Waals surface area contributed by atoms with E-state index in [-0.39, 0.29) is 0 Å². The second-order valence-electron chi connectivity index (χ2n) is 5.29. The molecule has 0 unspecified atom stereocenters. The van der Waals surface area contributed by atoms with Gasteiger partial charge in [0, 0.05) is 20.9 Å². The highest BCUT2D eigenvalue weighted by atomic mass is 35.5. The summed E-state index contributed by atoms with van der Waals surface area (Å²) in [6.45, 7) is 0. The third-order valence-electron chi connectivity index (χ3n) is 3.63. The molecule has 0 bridgehead atoms. The van der Waals surface area contributed by atoms with Crippen molar-refractivity contribution in [1.29, 1.82) is 0 Å². The van der Waals surface area contributed by atoms with Crippen LogP contribution in [-0.2, 0) is 0 Å². The van der Waals surface area contributed by atoms with Gasteiger partial charge in [0.1, 0.15) is 5.03 Å². The number of hydrogen-bond donors (Lipinski definition) is 0. The molecule has 1 aromatic heterocycles. The number of para-hydroxylation sites is 1. The predicted octanol–water partition coefficient (Wildman–Crippen LogP) is 6.10. The molecule has 0 fully saturated rings. The van der Waals surface area contributed by atoms with E-state index in [0.29, 0.717) is 0 Å². The Morgan fingerprint density at radius 3 is 2.21 bits per heavy atom. The van der Waals surface area contributed by atoms with E-state index < -0.39 is 0 Å². The summed E-state index contributed by atoms with van der Waals surface area (Å²) in [5.41, 5.74) is 1.96. The molecule has 24 heavy (non-hydrogen) atoms. The first-order valence-electron chi connectivity index (χ1n) is 7.55. The van der Waals surface area contributed by atoms with Gasteiger partial charge in [0.15, 0.2) is 5.82 Å². The van der Waals surface area contributed by atoms with E-state index in [4.69, 9.17) is 21.6 Å². The van der Waals surface area contributed by atoms with Crippen LogP contribution in [0.5, 0.6) is 0 Å². The lowest BCUT2D eigenvalue weighted by molar-refractivity contribution is 1.11. The molecule has 0 saturated carbocycles. The van der Waals surface area contributed by atoms with Crippen LogP contribution >= 0.6 is 23.4 Å². The summed E-state index contributed by atoms with van der Waals surface area (Å²) >= 11 is 7.60. The molecule has 0 aliphatic rings. The van der Waals surface area contributed by atoms with E-state index in [2.05, 4.69) is 6.07 Å². The Morgan fingerprint density at radius 1 is 0.708 bits per heavy atom. The Labute approximate surface area is 149 Å². The first kappa shape index (κ1) is 15.2. The number of nitrogens with zero attached hydrogens (tertiary/aromatic N) is 2. The lowest BCUT2D eigenvalue weighted by Crippen LogP contribution is -1.93. The first-order valence-corrected chi connectivity index (χ1v) is 8.75. The SMILES string of the molecule is Clc1ccc(Sc2nc(-c3ccccc3)nc3ccccc23)cc1. The molecular weight excluding hydrogens is 336 g/mol. The van der Waals surface area contributed by atoms with Crippen LogP contribution in [-0.4, -0.2) is 9.97 Å². The van der Waals surface area contributed by atoms with Gasteiger partial charge in [0.05, 0.1) is 5.52 Å². The smallest absolute Gasteiger partial charge is 0.161 e. The van der Waals surface area contributed by atoms with Crippen LogP contribution in [0, 0.1) is 0 Å². The van der Waals surface area contributed by atoms with Crippen molar-refractivity contribution >= 4 is 34.3 Å². The molecular formula is C20H13ClN2S. The molecule has 4 rings (SSSR count). The molecule has 0 aliphatic heterocycles. The standard InChI is InChI=1S/C20H13ClN2S/c21-15-10-12-16(13-11-15)24-20-17-8-4-5-9-18(17)22-19(23-20)14-6-2-1-3-7-14/h1-13H. The molecule has 2 nitrogen and oxygen atoms in total. The van der Waals surface area contributed by atoms with E-state index >= 15 is 0 Å². The summed E-state index contributed by atoms with van der Waals surface area (Å²) in [5.74, 6) is 0.741. The van der Waals surface area contributed by atoms with Gasteiger partial charge in [0.25, 0.3) is 0 Å². The molecule has 0 N–H and O–H groups in total. The predicted molar refractivity (Wildman–Crippen MR) is 101 cm³/mol. The van der Waals surface area contributed by atoms with Gasteiger partial charge in [-0.15, -0.1) is 0 Å². The van der Waals surface area contributed by atoms with Crippen LogP contribution < -0.4 is 0 Å².